The second kappa shape index (κ2) is 9.40. The van der Waals surface area contributed by atoms with Crippen molar-refractivity contribution in [2.75, 3.05) is 12.4 Å². The van der Waals surface area contributed by atoms with E-state index >= 15 is 0 Å². The highest BCUT2D eigenvalue weighted by Crippen LogP contribution is 2.38. The van der Waals surface area contributed by atoms with Crippen molar-refractivity contribution in [1.82, 2.24) is 0 Å². The van der Waals surface area contributed by atoms with Crippen LogP contribution in [0.25, 0.3) is 27.7 Å². The Morgan fingerprint density at radius 1 is 0.941 bits per heavy atom. The van der Waals surface area contributed by atoms with Gasteiger partial charge in [-0.25, -0.2) is 0 Å². The molecule has 0 atom stereocenters. The number of rotatable bonds is 6. The fourth-order valence-corrected chi connectivity index (χ4v) is 4.10. The van der Waals surface area contributed by atoms with Crippen LogP contribution in [0.1, 0.15) is 40.9 Å². The van der Waals surface area contributed by atoms with Gasteiger partial charge in [0.15, 0.2) is 5.78 Å². The van der Waals surface area contributed by atoms with Crippen molar-refractivity contribution in [1.29, 1.82) is 0 Å². The number of anilines is 1. The zero-order valence-corrected chi connectivity index (χ0v) is 20.0. The van der Waals surface area contributed by atoms with E-state index in [1.54, 1.807) is 43.7 Å². The Labute approximate surface area is 199 Å². The van der Waals surface area contributed by atoms with Crippen LogP contribution < -0.4 is 10.1 Å². The molecule has 5 nitrogen and oxygen atoms in total. The fourth-order valence-electron chi connectivity index (χ4n) is 4.10. The lowest BCUT2D eigenvalue weighted by molar-refractivity contribution is -0.111. The molecule has 3 aromatic carbocycles. The van der Waals surface area contributed by atoms with Gasteiger partial charge < -0.3 is 14.5 Å². The number of amides is 1. The minimum absolute atomic E-state index is 0.0180. The number of allylic oxidation sites excluding steroid dienone is 1. The number of carbonyl (C=O) groups is 2. The Kier molecular flexibility index (Phi) is 6.37. The van der Waals surface area contributed by atoms with Gasteiger partial charge in [0.1, 0.15) is 11.3 Å². The normalized spacial score (nSPS) is 11.5. The molecule has 0 bridgehead atoms. The third kappa shape index (κ3) is 4.64. The Hall–Kier alpha value is -4.12. The summed E-state index contributed by atoms with van der Waals surface area (Å²) in [4.78, 5) is 24.1. The van der Waals surface area contributed by atoms with Gasteiger partial charge in [-0.3, -0.25) is 9.59 Å². The molecule has 0 aliphatic rings. The lowest BCUT2D eigenvalue weighted by Gasteiger charge is -2.11. The van der Waals surface area contributed by atoms with Crippen molar-refractivity contribution in [2.45, 2.75) is 27.7 Å². The molecule has 5 heteroatoms. The van der Waals surface area contributed by atoms with E-state index in [0.29, 0.717) is 17.0 Å². The molecule has 0 aliphatic carbocycles. The summed E-state index contributed by atoms with van der Waals surface area (Å²) in [5.41, 5.74) is 7.98. The number of nitrogens with one attached hydrogen (secondary N) is 1. The molecule has 1 amide bonds. The molecule has 1 heterocycles. The number of carbonyl (C=O) groups excluding carboxylic acids is 2. The first-order chi connectivity index (χ1) is 16.3. The summed E-state index contributed by atoms with van der Waals surface area (Å²) in [6.45, 7) is 7.54. The highest BCUT2D eigenvalue weighted by molar-refractivity contribution is 6.05. The van der Waals surface area contributed by atoms with Crippen molar-refractivity contribution in [2.24, 2.45) is 0 Å². The van der Waals surface area contributed by atoms with Crippen LogP contribution in [0.3, 0.4) is 0 Å². The molecule has 0 spiro atoms. The average Bonchev–Trinajstić information content (AvgIpc) is 3.21. The standard InChI is InChI=1S/C29H27NO4/c1-17-6-11-23(18(2)12-17)26-16-34-28-15-27(33-5)24(14-25(26)28)19(3)13-29(32)30-22-9-7-21(8-10-22)20(4)31/h6-16H,1-5H3,(H,30,32)/b19-13+. The number of aryl methyl sites for hydroxylation is 2. The van der Waals surface area contributed by atoms with Gasteiger partial charge in [-0.1, -0.05) is 23.8 Å². The highest BCUT2D eigenvalue weighted by atomic mass is 16.5. The van der Waals surface area contributed by atoms with Gasteiger partial charge in [-0.15, -0.1) is 0 Å². The average molecular weight is 454 g/mol. The maximum absolute atomic E-state index is 12.7. The zero-order valence-electron chi connectivity index (χ0n) is 20.0. The Bertz CT molecular complexity index is 1420. The van der Waals surface area contributed by atoms with Crippen LogP contribution in [0.5, 0.6) is 5.75 Å². The number of benzene rings is 3. The minimum Gasteiger partial charge on any atom is -0.496 e. The van der Waals surface area contributed by atoms with E-state index in [-0.39, 0.29) is 11.7 Å². The summed E-state index contributed by atoms with van der Waals surface area (Å²) in [6, 6.07) is 17.0. The Balaban J connectivity index is 1.68. The van der Waals surface area contributed by atoms with Gasteiger partial charge in [-0.05, 0) is 74.7 Å². The molecule has 172 valence electrons. The van der Waals surface area contributed by atoms with Gasteiger partial charge >= 0.3 is 0 Å². The largest absolute Gasteiger partial charge is 0.496 e. The third-order valence-corrected chi connectivity index (χ3v) is 5.90. The summed E-state index contributed by atoms with van der Waals surface area (Å²) in [5.74, 6) is 0.342. The maximum Gasteiger partial charge on any atom is 0.248 e. The summed E-state index contributed by atoms with van der Waals surface area (Å²) < 4.78 is 11.4. The topological polar surface area (TPSA) is 68.5 Å². The molecule has 0 unspecified atom stereocenters. The minimum atomic E-state index is -0.267. The molecule has 1 N–H and O–H groups in total. The van der Waals surface area contributed by atoms with E-state index < -0.39 is 0 Å². The lowest BCUT2D eigenvalue weighted by Crippen LogP contribution is -2.09. The number of furan rings is 1. The van der Waals surface area contributed by atoms with Crippen LogP contribution in [0.4, 0.5) is 5.69 Å². The summed E-state index contributed by atoms with van der Waals surface area (Å²) >= 11 is 0. The number of methoxy groups -OCH3 is 1. The molecule has 0 saturated carbocycles. The van der Waals surface area contributed by atoms with E-state index in [2.05, 4.69) is 37.4 Å². The predicted molar refractivity (Wildman–Crippen MR) is 136 cm³/mol. The smallest absolute Gasteiger partial charge is 0.248 e. The first kappa shape index (κ1) is 23.1. The van der Waals surface area contributed by atoms with Crippen molar-refractivity contribution >= 4 is 33.9 Å². The van der Waals surface area contributed by atoms with Crippen molar-refractivity contribution in [3.63, 3.8) is 0 Å². The van der Waals surface area contributed by atoms with E-state index in [1.807, 2.05) is 19.1 Å². The SMILES string of the molecule is COc1cc2occ(-c3ccc(C)cc3C)c2cc1/C(C)=C/C(=O)Nc1ccc(C(C)=O)cc1. The quantitative estimate of drug-likeness (QED) is 0.253. The third-order valence-electron chi connectivity index (χ3n) is 5.90. The van der Waals surface area contributed by atoms with Gasteiger partial charge in [0, 0.05) is 39.9 Å². The van der Waals surface area contributed by atoms with Gasteiger partial charge in [0.05, 0.1) is 13.4 Å². The van der Waals surface area contributed by atoms with Crippen LogP contribution in [0, 0.1) is 13.8 Å². The second-order valence-corrected chi connectivity index (χ2v) is 8.47. The molecule has 4 rings (SSSR count). The monoisotopic (exact) mass is 453 g/mol. The summed E-state index contributed by atoms with van der Waals surface area (Å²) in [5, 5.41) is 3.80. The van der Waals surface area contributed by atoms with Crippen LogP contribution >= 0.6 is 0 Å². The highest BCUT2D eigenvalue weighted by Gasteiger charge is 2.16. The van der Waals surface area contributed by atoms with E-state index in [0.717, 1.165) is 33.2 Å². The first-order valence-corrected chi connectivity index (χ1v) is 11.0. The molecule has 4 aromatic rings. The van der Waals surface area contributed by atoms with Crippen LogP contribution in [0.2, 0.25) is 0 Å². The number of ether oxygens (including phenoxy) is 1. The van der Waals surface area contributed by atoms with E-state index in [1.165, 1.54) is 18.1 Å². The molecule has 1 aromatic heterocycles. The molecular weight excluding hydrogens is 426 g/mol. The summed E-state index contributed by atoms with van der Waals surface area (Å²) in [6.07, 6.45) is 3.31. The van der Waals surface area contributed by atoms with Gasteiger partial charge in [0.25, 0.3) is 0 Å². The molecular formula is C29H27NO4. The van der Waals surface area contributed by atoms with Crippen LogP contribution in [0.15, 0.2) is 71.4 Å². The van der Waals surface area contributed by atoms with Crippen molar-refractivity contribution in [3.05, 3.63) is 89.2 Å². The first-order valence-electron chi connectivity index (χ1n) is 11.0. The maximum atomic E-state index is 12.7. The van der Waals surface area contributed by atoms with Gasteiger partial charge in [0.2, 0.25) is 5.91 Å². The number of fused-ring (bicyclic) bond motifs is 1. The van der Waals surface area contributed by atoms with Crippen molar-refractivity contribution in [3.8, 4) is 16.9 Å². The number of ketones is 1. The lowest BCUT2D eigenvalue weighted by atomic mass is 9.96. The molecule has 34 heavy (non-hydrogen) atoms. The zero-order chi connectivity index (χ0) is 24.4. The second-order valence-electron chi connectivity index (χ2n) is 8.47. The van der Waals surface area contributed by atoms with E-state index in [9.17, 15) is 9.59 Å². The van der Waals surface area contributed by atoms with Crippen LogP contribution in [-0.4, -0.2) is 18.8 Å². The van der Waals surface area contributed by atoms with Crippen LogP contribution in [-0.2, 0) is 4.79 Å². The molecule has 0 radical (unpaired) electrons. The van der Waals surface area contributed by atoms with Gasteiger partial charge in [-0.2, -0.15) is 0 Å². The van der Waals surface area contributed by atoms with Crippen molar-refractivity contribution < 1.29 is 18.7 Å². The number of Topliss-reactive ketones (excluding diaryl/α,β-unsaturated/α-hetero) is 1. The Morgan fingerprint density at radius 2 is 1.68 bits per heavy atom. The van der Waals surface area contributed by atoms with E-state index in [4.69, 9.17) is 9.15 Å². The molecule has 0 saturated heterocycles. The molecule has 0 aliphatic heterocycles. The summed E-state index contributed by atoms with van der Waals surface area (Å²) in [7, 11) is 1.60. The fraction of sp³-hybridized carbons (Fsp3) is 0.172. The predicted octanol–water partition coefficient (Wildman–Crippen LogP) is 6.97. The Morgan fingerprint density at radius 3 is 2.32 bits per heavy atom. The number of hydrogen-bond acceptors (Lipinski definition) is 4. The molecule has 0 fully saturated rings. The number of hydrogen-bond donors (Lipinski definition) is 1.